The van der Waals surface area contributed by atoms with Crippen molar-refractivity contribution in [2.45, 2.75) is 38.4 Å². The Morgan fingerprint density at radius 3 is 2.34 bits per heavy atom. The van der Waals surface area contributed by atoms with Crippen LogP contribution in [0.3, 0.4) is 0 Å². The van der Waals surface area contributed by atoms with Crippen molar-refractivity contribution in [1.82, 2.24) is 5.32 Å². The normalized spacial score (nSPS) is 11.9. The minimum absolute atomic E-state index is 0.0454. The van der Waals surface area contributed by atoms with Gasteiger partial charge in [0.25, 0.3) is 0 Å². The summed E-state index contributed by atoms with van der Waals surface area (Å²) in [6, 6.07) is 8.54. The van der Waals surface area contributed by atoms with Crippen molar-refractivity contribution in [3.8, 4) is 5.75 Å². The van der Waals surface area contributed by atoms with Gasteiger partial charge in [-0.25, -0.2) is 0 Å². The molecule has 1 unspecified atom stereocenters. The zero-order valence-corrected chi connectivity index (χ0v) is 18.7. The first kappa shape index (κ1) is 27.2. The minimum Gasteiger partial charge on any atom is -0.493 e. The number of rotatable bonds is 11. The lowest BCUT2D eigenvalue weighted by atomic mass is 10.0. The number of carboxylic acids is 1. The summed E-state index contributed by atoms with van der Waals surface area (Å²) in [6.07, 6.45) is -5.49. The molecule has 2 aromatic carbocycles. The van der Waals surface area contributed by atoms with Gasteiger partial charge in [-0.2, -0.15) is 13.2 Å². The highest BCUT2D eigenvalue weighted by atomic mass is 19.4. The Morgan fingerprint density at radius 2 is 1.77 bits per heavy atom. The number of alkyl halides is 3. The van der Waals surface area contributed by atoms with Crippen LogP contribution in [0.15, 0.2) is 42.5 Å². The van der Waals surface area contributed by atoms with Gasteiger partial charge in [-0.1, -0.05) is 6.07 Å². The maximum absolute atomic E-state index is 13.5. The van der Waals surface area contributed by atoms with Gasteiger partial charge in [-0.15, -0.1) is 0 Å². The van der Waals surface area contributed by atoms with Crippen molar-refractivity contribution in [2.75, 3.05) is 11.9 Å². The summed E-state index contributed by atoms with van der Waals surface area (Å²) >= 11 is 0. The molecule has 0 aliphatic rings. The molecule has 2 amide bonds. The lowest BCUT2D eigenvalue weighted by Gasteiger charge is -2.19. The fourth-order valence-corrected chi connectivity index (χ4v) is 3.03. The average molecular weight is 494 g/mol. The van der Waals surface area contributed by atoms with Crippen LogP contribution in [-0.4, -0.2) is 35.3 Å². The fraction of sp³-hybridized carbons (Fsp3) is 0.304. The summed E-state index contributed by atoms with van der Waals surface area (Å²) < 4.78 is 45.6. The third-order valence-corrected chi connectivity index (χ3v) is 4.78. The first-order valence-corrected chi connectivity index (χ1v) is 10.5. The van der Waals surface area contributed by atoms with Crippen LogP contribution >= 0.6 is 0 Å². The molecule has 0 aromatic heterocycles. The third-order valence-electron chi connectivity index (χ3n) is 4.78. The van der Waals surface area contributed by atoms with Crippen molar-refractivity contribution in [3.63, 3.8) is 0 Å². The number of aliphatic carboxylic acids is 1. The molecule has 1 atom stereocenters. The molecule has 12 heteroatoms. The highest BCUT2D eigenvalue weighted by Gasteiger charge is 2.35. The Morgan fingerprint density at radius 1 is 1.11 bits per heavy atom. The van der Waals surface area contributed by atoms with Gasteiger partial charge in [0.2, 0.25) is 11.8 Å². The summed E-state index contributed by atoms with van der Waals surface area (Å²) in [7, 11) is 0. The first-order valence-electron chi connectivity index (χ1n) is 10.5. The van der Waals surface area contributed by atoms with E-state index in [0.29, 0.717) is 11.3 Å². The highest BCUT2D eigenvalue weighted by molar-refractivity contribution is 6.04. The Balaban J connectivity index is 1.99. The second kappa shape index (κ2) is 11.9. The second-order valence-corrected chi connectivity index (χ2v) is 7.60. The zero-order valence-electron chi connectivity index (χ0n) is 18.7. The topological polar surface area (TPSA) is 155 Å². The summed E-state index contributed by atoms with van der Waals surface area (Å²) in [5.41, 5.74) is 5.29. The van der Waals surface area contributed by atoms with Gasteiger partial charge in [-0.3, -0.25) is 19.8 Å². The van der Waals surface area contributed by atoms with Gasteiger partial charge in [0.15, 0.2) is 0 Å². The molecule has 0 saturated heterocycles. The van der Waals surface area contributed by atoms with E-state index >= 15 is 0 Å². The number of anilines is 1. The Hall–Kier alpha value is -4.09. The molecule has 35 heavy (non-hydrogen) atoms. The van der Waals surface area contributed by atoms with Crippen LogP contribution < -0.4 is 21.1 Å². The number of carbonyl (C=O) groups is 3. The summed E-state index contributed by atoms with van der Waals surface area (Å²) in [4.78, 5) is 34.9. The minimum atomic E-state index is -4.74. The van der Waals surface area contributed by atoms with E-state index in [4.69, 9.17) is 21.0 Å². The van der Waals surface area contributed by atoms with Crippen molar-refractivity contribution in [1.29, 1.82) is 5.41 Å². The number of hydrogen-bond donors (Lipinski definition) is 5. The molecule has 0 saturated carbocycles. The van der Waals surface area contributed by atoms with Crippen molar-refractivity contribution in [2.24, 2.45) is 5.73 Å². The molecule has 0 bridgehead atoms. The van der Waals surface area contributed by atoms with Gasteiger partial charge < -0.3 is 26.2 Å². The molecular weight excluding hydrogens is 469 g/mol. The molecule has 0 aliphatic carbocycles. The molecular formula is C23H25F3N4O5. The molecule has 6 N–H and O–H groups in total. The predicted molar refractivity (Wildman–Crippen MR) is 121 cm³/mol. The molecule has 2 aromatic rings. The standard InChI is InChI=1S/C23H25F3N4O5/c1-13(29-19(31)12-20(32)30-16-7-4-14(5-8-16)22(27)28)15-6-9-18(17(11-15)23(24,25)26)35-10-2-3-21(33)34/h4-9,11,13H,2-3,10,12H2,1H3,(H3,27,28)(H,29,31)(H,30,32)(H,33,34). The van der Waals surface area contributed by atoms with Crippen molar-refractivity contribution in [3.05, 3.63) is 59.2 Å². The predicted octanol–water partition coefficient (Wildman–Crippen LogP) is 3.44. The number of amidine groups is 1. The molecule has 188 valence electrons. The van der Waals surface area contributed by atoms with E-state index in [2.05, 4.69) is 10.6 Å². The second-order valence-electron chi connectivity index (χ2n) is 7.60. The molecule has 0 spiro atoms. The molecule has 0 fully saturated rings. The van der Waals surface area contributed by atoms with Gasteiger partial charge in [0, 0.05) is 17.7 Å². The zero-order chi connectivity index (χ0) is 26.2. The number of carbonyl (C=O) groups excluding carboxylic acids is 2. The number of hydrogen-bond acceptors (Lipinski definition) is 5. The number of nitrogens with two attached hydrogens (primary N) is 1. The largest absolute Gasteiger partial charge is 0.493 e. The van der Waals surface area contributed by atoms with Crippen LogP contribution in [0.25, 0.3) is 0 Å². The maximum Gasteiger partial charge on any atom is 0.419 e. The van der Waals surface area contributed by atoms with E-state index in [1.165, 1.54) is 37.3 Å². The van der Waals surface area contributed by atoms with E-state index in [1.54, 1.807) is 0 Å². The molecule has 2 rings (SSSR count). The third kappa shape index (κ3) is 8.65. The number of benzene rings is 2. The van der Waals surface area contributed by atoms with Crippen LogP contribution in [-0.2, 0) is 20.6 Å². The van der Waals surface area contributed by atoms with E-state index in [-0.39, 0.29) is 30.8 Å². The fourth-order valence-electron chi connectivity index (χ4n) is 3.03. The highest BCUT2D eigenvalue weighted by Crippen LogP contribution is 2.38. The number of amides is 2. The van der Waals surface area contributed by atoms with Crippen LogP contribution in [0.4, 0.5) is 18.9 Å². The van der Waals surface area contributed by atoms with E-state index in [0.717, 1.165) is 12.1 Å². The number of nitrogens with one attached hydrogen (secondary N) is 3. The number of nitrogen functional groups attached to an aromatic ring is 1. The average Bonchev–Trinajstić information content (AvgIpc) is 2.76. The van der Waals surface area contributed by atoms with Crippen LogP contribution in [0.2, 0.25) is 0 Å². The van der Waals surface area contributed by atoms with E-state index in [9.17, 15) is 27.6 Å². The first-order chi connectivity index (χ1) is 16.4. The monoisotopic (exact) mass is 494 g/mol. The Kier molecular flexibility index (Phi) is 9.20. The molecule has 0 aliphatic heterocycles. The molecule has 0 radical (unpaired) electrons. The lowest BCUT2D eigenvalue weighted by molar-refractivity contribution is -0.140. The summed E-state index contributed by atoms with van der Waals surface area (Å²) in [5.74, 6) is -2.99. The summed E-state index contributed by atoms with van der Waals surface area (Å²) in [5, 5.41) is 20.9. The van der Waals surface area contributed by atoms with Crippen LogP contribution in [0.1, 0.15) is 48.9 Å². The molecule has 0 heterocycles. The summed E-state index contributed by atoms with van der Waals surface area (Å²) in [6.45, 7) is 1.27. The van der Waals surface area contributed by atoms with Crippen molar-refractivity contribution < 1.29 is 37.4 Å². The Labute approximate surface area is 199 Å². The van der Waals surface area contributed by atoms with Gasteiger partial charge in [0.1, 0.15) is 18.0 Å². The number of ether oxygens (including phenoxy) is 1. The smallest absolute Gasteiger partial charge is 0.419 e. The maximum atomic E-state index is 13.5. The van der Waals surface area contributed by atoms with Crippen molar-refractivity contribution >= 4 is 29.3 Å². The number of halogens is 3. The van der Waals surface area contributed by atoms with E-state index in [1.807, 2.05) is 0 Å². The Bertz CT molecular complexity index is 1090. The van der Waals surface area contributed by atoms with Crippen LogP contribution in [0, 0.1) is 5.41 Å². The molecule has 9 nitrogen and oxygen atoms in total. The number of carboxylic acid groups (broad SMARTS) is 1. The van der Waals surface area contributed by atoms with E-state index < -0.39 is 47.7 Å². The van der Waals surface area contributed by atoms with Crippen LogP contribution in [0.5, 0.6) is 5.75 Å². The quantitative estimate of drug-likeness (QED) is 0.140. The van der Waals surface area contributed by atoms with Gasteiger partial charge in [0.05, 0.1) is 18.2 Å². The van der Waals surface area contributed by atoms with Gasteiger partial charge >= 0.3 is 12.1 Å². The lowest BCUT2D eigenvalue weighted by Crippen LogP contribution is -2.30. The van der Waals surface area contributed by atoms with Gasteiger partial charge in [-0.05, 0) is 55.3 Å². The SMILES string of the molecule is CC(NC(=O)CC(=O)Nc1ccc(C(=N)N)cc1)c1ccc(OCCCC(=O)O)c(C(F)(F)F)c1.